The zero-order valence-corrected chi connectivity index (χ0v) is 7.00. The van der Waals surface area contributed by atoms with E-state index in [-0.39, 0.29) is 6.10 Å². The first-order valence-electron chi connectivity index (χ1n) is 3.74. The van der Waals surface area contributed by atoms with Gasteiger partial charge < -0.3 is 4.74 Å². The van der Waals surface area contributed by atoms with Crippen molar-refractivity contribution in [3.05, 3.63) is 24.4 Å². The number of nitrogens with zero attached hydrogens (tertiary/aromatic N) is 1. The fourth-order valence-corrected chi connectivity index (χ4v) is 0.917. The molecule has 0 saturated carbocycles. The molecular weight excluding hydrogens is 138 g/mol. The van der Waals surface area contributed by atoms with Crippen LogP contribution in [0.4, 0.5) is 0 Å². The highest BCUT2D eigenvalue weighted by Crippen LogP contribution is 2.15. The van der Waals surface area contributed by atoms with Gasteiger partial charge in [0.2, 0.25) is 0 Å². The summed E-state index contributed by atoms with van der Waals surface area (Å²) in [6.45, 7) is 8.40. The Bertz CT molecular complexity index is 216. The molecule has 1 fully saturated rings. The van der Waals surface area contributed by atoms with Gasteiger partial charge in [0.1, 0.15) is 0 Å². The summed E-state index contributed by atoms with van der Waals surface area (Å²) in [7, 11) is 0. The van der Waals surface area contributed by atoms with Gasteiger partial charge in [0, 0.05) is 6.20 Å². The van der Waals surface area contributed by atoms with E-state index in [1.807, 2.05) is 19.9 Å². The molecule has 1 aliphatic rings. The van der Waals surface area contributed by atoms with E-state index >= 15 is 0 Å². The van der Waals surface area contributed by atoms with Crippen molar-refractivity contribution in [2.24, 2.45) is 4.99 Å². The average Bonchev–Trinajstić information content (AvgIpc) is 2.31. The first-order valence-corrected chi connectivity index (χ1v) is 3.74. The zero-order chi connectivity index (χ0) is 8.27. The van der Waals surface area contributed by atoms with E-state index in [9.17, 15) is 0 Å². The Labute approximate surface area is 67.3 Å². The minimum Gasteiger partial charge on any atom is -0.367 e. The maximum atomic E-state index is 5.31. The van der Waals surface area contributed by atoms with Gasteiger partial charge in [-0.2, -0.15) is 0 Å². The van der Waals surface area contributed by atoms with Crippen LogP contribution >= 0.6 is 0 Å². The lowest BCUT2D eigenvalue weighted by atomic mass is 10.1. The summed E-state index contributed by atoms with van der Waals surface area (Å²) in [5, 5.41) is 0. The van der Waals surface area contributed by atoms with Crippen molar-refractivity contribution >= 4 is 5.71 Å². The van der Waals surface area contributed by atoms with Gasteiger partial charge in [-0.15, -0.1) is 0 Å². The maximum absolute atomic E-state index is 5.31. The van der Waals surface area contributed by atoms with Gasteiger partial charge in [-0.1, -0.05) is 12.7 Å². The highest BCUT2D eigenvalue weighted by molar-refractivity contribution is 6.03. The second kappa shape index (κ2) is 3.49. The van der Waals surface area contributed by atoms with Crippen LogP contribution in [-0.2, 0) is 4.74 Å². The molecule has 1 unspecified atom stereocenters. The molecule has 1 saturated heterocycles. The van der Waals surface area contributed by atoms with Crippen molar-refractivity contribution in [2.75, 3.05) is 6.61 Å². The highest BCUT2D eigenvalue weighted by atomic mass is 16.5. The summed E-state index contributed by atoms with van der Waals surface area (Å²) < 4.78 is 5.31. The first kappa shape index (κ1) is 8.21. The van der Waals surface area contributed by atoms with Gasteiger partial charge in [-0.25, -0.2) is 0 Å². The number of allylic oxidation sites excluding steroid dienone is 1. The Hall–Kier alpha value is -0.890. The molecule has 0 aliphatic carbocycles. The van der Waals surface area contributed by atoms with E-state index in [2.05, 4.69) is 11.6 Å². The van der Waals surface area contributed by atoms with Crippen molar-refractivity contribution < 1.29 is 4.74 Å². The molecule has 0 aromatic rings. The average molecular weight is 151 g/mol. The maximum Gasteiger partial charge on any atom is 0.0899 e. The fourth-order valence-electron chi connectivity index (χ4n) is 0.917. The van der Waals surface area contributed by atoms with Crippen molar-refractivity contribution in [2.45, 2.75) is 20.0 Å². The van der Waals surface area contributed by atoms with Crippen LogP contribution in [-0.4, -0.2) is 18.4 Å². The van der Waals surface area contributed by atoms with Crippen LogP contribution in [0.1, 0.15) is 13.8 Å². The second-order valence-corrected chi connectivity index (χ2v) is 2.54. The predicted octanol–water partition coefficient (Wildman–Crippen LogP) is 1.94. The van der Waals surface area contributed by atoms with Gasteiger partial charge in [0.15, 0.2) is 0 Å². The van der Waals surface area contributed by atoms with E-state index in [1.165, 1.54) is 0 Å². The van der Waals surface area contributed by atoms with E-state index in [4.69, 9.17) is 4.74 Å². The predicted molar refractivity (Wildman–Crippen MR) is 46.8 cm³/mol. The highest BCUT2D eigenvalue weighted by Gasteiger charge is 2.20. The molecule has 1 atom stereocenters. The Kier molecular flexibility index (Phi) is 2.60. The van der Waals surface area contributed by atoms with Crippen LogP contribution in [0, 0.1) is 0 Å². The molecule has 0 amide bonds. The minimum absolute atomic E-state index is 0.138. The molecule has 1 aliphatic heterocycles. The van der Waals surface area contributed by atoms with E-state index in [0.717, 1.165) is 11.3 Å². The standard InChI is InChI=1S/C9H13NO/c1-4-5-10-9-6-11-8(3)7(9)2/h4-5,8H,2,6H2,1,3H3/b5-4-,10-9?. The summed E-state index contributed by atoms with van der Waals surface area (Å²) >= 11 is 0. The number of rotatable bonds is 1. The molecular formula is C9H13NO. The van der Waals surface area contributed by atoms with Crippen molar-refractivity contribution in [1.29, 1.82) is 0 Å². The minimum atomic E-state index is 0.138. The summed E-state index contributed by atoms with van der Waals surface area (Å²) in [4.78, 5) is 4.18. The smallest absolute Gasteiger partial charge is 0.0899 e. The van der Waals surface area contributed by atoms with Gasteiger partial charge >= 0.3 is 0 Å². The summed E-state index contributed by atoms with van der Waals surface area (Å²) in [5.74, 6) is 0. The molecule has 1 heterocycles. The normalized spacial score (nSPS) is 29.1. The Balaban J connectivity index is 2.69. The molecule has 0 N–H and O–H groups in total. The lowest BCUT2D eigenvalue weighted by molar-refractivity contribution is 0.149. The molecule has 2 heteroatoms. The van der Waals surface area contributed by atoms with Crippen LogP contribution in [0.2, 0.25) is 0 Å². The molecule has 0 spiro atoms. The Morgan fingerprint density at radius 3 is 2.91 bits per heavy atom. The monoisotopic (exact) mass is 151 g/mol. The third-order valence-corrected chi connectivity index (χ3v) is 1.71. The molecule has 0 radical (unpaired) electrons. The number of hydrogen-bond acceptors (Lipinski definition) is 2. The number of ether oxygens (including phenoxy) is 1. The molecule has 60 valence electrons. The third kappa shape index (κ3) is 1.77. The second-order valence-electron chi connectivity index (χ2n) is 2.54. The Morgan fingerprint density at radius 2 is 2.45 bits per heavy atom. The summed E-state index contributed by atoms with van der Waals surface area (Å²) in [5.41, 5.74) is 1.97. The third-order valence-electron chi connectivity index (χ3n) is 1.71. The van der Waals surface area contributed by atoms with Gasteiger partial charge in [-0.3, -0.25) is 4.99 Å². The number of hydrogen-bond donors (Lipinski definition) is 0. The molecule has 2 nitrogen and oxygen atoms in total. The largest absolute Gasteiger partial charge is 0.367 e. The molecule has 0 aromatic carbocycles. The topological polar surface area (TPSA) is 21.6 Å². The molecule has 0 aromatic heterocycles. The molecule has 0 bridgehead atoms. The number of aliphatic imine (C=N–C) groups is 1. The molecule has 1 rings (SSSR count). The van der Waals surface area contributed by atoms with Crippen molar-refractivity contribution in [3.63, 3.8) is 0 Å². The van der Waals surface area contributed by atoms with Crippen LogP contribution < -0.4 is 0 Å². The Morgan fingerprint density at radius 1 is 1.73 bits per heavy atom. The zero-order valence-electron chi connectivity index (χ0n) is 7.00. The van der Waals surface area contributed by atoms with Crippen molar-refractivity contribution in [3.8, 4) is 0 Å². The van der Waals surface area contributed by atoms with E-state index < -0.39 is 0 Å². The summed E-state index contributed by atoms with van der Waals surface area (Å²) in [6.07, 6.45) is 3.80. The first-order chi connectivity index (χ1) is 5.25. The molecule has 11 heavy (non-hydrogen) atoms. The van der Waals surface area contributed by atoms with Crippen LogP contribution in [0.25, 0.3) is 0 Å². The van der Waals surface area contributed by atoms with E-state index in [0.29, 0.717) is 6.61 Å². The van der Waals surface area contributed by atoms with Crippen molar-refractivity contribution in [1.82, 2.24) is 0 Å². The summed E-state index contributed by atoms with van der Waals surface area (Å²) in [6, 6.07) is 0. The van der Waals surface area contributed by atoms with Gasteiger partial charge in [-0.05, 0) is 19.4 Å². The van der Waals surface area contributed by atoms with E-state index in [1.54, 1.807) is 6.20 Å². The van der Waals surface area contributed by atoms with Gasteiger partial charge in [0.05, 0.1) is 18.4 Å². The lowest BCUT2D eigenvalue weighted by Crippen LogP contribution is -2.01. The van der Waals surface area contributed by atoms with Crippen LogP contribution in [0.3, 0.4) is 0 Å². The van der Waals surface area contributed by atoms with Crippen LogP contribution in [0.5, 0.6) is 0 Å². The fraction of sp³-hybridized carbons (Fsp3) is 0.444. The lowest BCUT2D eigenvalue weighted by Gasteiger charge is -1.98. The van der Waals surface area contributed by atoms with Gasteiger partial charge in [0.25, 0.3) is 0 Å². The quantitative estimate of drug-likeness (QED) is 0.561. The van der Waals surface area contributed by atoms with Crippen LogP contribution in [0.15, 0.2) is 29.4 Å². The SMILES string of the molecule is C=C1C(=N/C=C\C)COC1C.